The van der Waals surface area contributed by atoms with Crippen LogP contribution in [0.4, 0.5) is 0 Å². The molecule has 0 spiro atoms. The molecular formula is C11H21NO2. The van der Waals surface area contributed by atoms with Crippen molar-refractivity contribution in [2.75, 3.05) is 19.7 Å². The van der Waals surface area contributed by atoms with Gasteiger partial charge in [0.1, 0.15) is 0 Å². The summed E-state index contributed by atoms with van der Waals surface area (Å²) in [6.45, 7) is 6.00. The molecule has 1 N–H and O–H groups in total. The standard InChI is InChI=1S/C11H21NO2/c1-3-14-11(13)9(2)8-12-7-6-10-4-5-10/h9-10,12H,3-8H2,1-2H3. The topological polar surface area (TPSA) is 38.3 Å². The SMILES string of the molecule is CCOC(=O)C(C)CNCCC1CC1. The Morgan fingerprint density at radius 2 is 2.29 bits per heavy atom. The molecule has 1 aliphatic rings. The Kier molecular flexibility index (Phi) is 4.94. The molecule has 0 heterocycles. The van der Waals surface area contributed by atoms with E-state index in [1.165, 1.54) is 19.3 Å². The lowest BCUT2D eigenvalue weighted by Gasteiger charge is -2.11. The van der Waals surface area contributed by atoms with Crippen molar-refractivity contribution >= 4 is 5.97 Å². The summed E-state index contributed by atoms with van der Waals surface area (Å²) in [6.07, 6.45) is 4.06. The van der Waals surface area contributed by atoms with E-state index in [4.69, 9.17) is 4.74 Å². The first-order chi connectivity index (χ1) is 6.74. The van der Waals surface area contributed by atoms with E-state index in [2.05, 4.69) is 5.32 Å². The minimum absolute atomic E-state index is 0.0193. The third-order valence-corrected chi connectivity index (χ3v) is 2.57. The number of carbonyl (C=O) groups is 1. The lowest BCUT2D eigenvalue weighted by Crippen LogP contribution is -2.28. The van der Waals surface area contributed by atoms with Crippen molar-refractivity contribution in [1.29, 1.82) is 0 Å². The van der Waals surface area contributed by atoms with Gasteiger partial charge in [-0.05, 0) is 25.8 Å². The minimum atomic E-state index is -0.0913. The number of rotatable bonds is 7. The third-order valence-electron chi connectivity index (χ3n) is 2.57. The monoisotopic (exact) mass is 199 g/mol. The summed E-state index contributed by atoms with van der Waals surface area (Å²) in [4.78, 5) is 11.2. The summed E-state index contributed by atoms with van der Waals surface area (Å²) in [5.74, 6) is 0.848. The maximum atomic E-state index is 11.2. The zero-order valence-corrected chi connectivity index (χ0v) is 9.21. The summed E-state index contributed by atoms with van der Waals surface area (Å²) < 4.78 is 4.92. The van der Waals surface area contributed by atoms with E-state index in [0.717, 1.165) is 19.0 Å². The Morgan fingerprint density at radius 1 is 1.57 bits per heavy atom. The van der Waals surface area contributed by atoms with Crippen LogP contribution in [0.25, 0.3) is 0 Å². The van der Waals surface area contributed by atoms with Gasteiger partial charge in [-0.2, -0.15) is 0 Å². The van der Waals surface area contributed by atoms with Gasteiger partial charge in [-0.25, -0.2) is 0 Å². The van der Waals surface area contributed by atoms with E-state index in [1.807, 2.05) is 13.8 Å². The van der Waals surface area contributed by atoms with Crippen LogP contribution >= 0.6 is 0 Å². The van der Waals surface area contributed by atoms with Gasteiger partial charge in [0.15, 0.2) is 0 Å². The van der Waals surface area contributed by atoms with Crippen LogP contribution in [0, 0.1) is 11.8 Å². The molecule has 0 aromatic rings. The van der Waals surface area contributed by atoms with Crippen molar-refractivity contribution in [3.8, 4) is 0 Å². The van der Waals surface area contributed by atoms with Gasteiger partial charge < -0.3 is 10.1 Å². The Bertz CT molecular complexity index is 178. The molecule has 1 aliphatic carbocycles. The van der Waals surface area contributed by atoms with E-state index >= 15 is 0 Å². The molecule has 0 bridgehead atoms. The molecule has 0 radical (unpaired) electrons. The Balaban J connectivity index is 1.95. The average molecular weight is 199 g/mol. The normalized spacial score (nSPS) is 17.9. The van der Waals surface area contributed by atoms with Crippen LogP contribution in [0.2, 0.25) is 0 Å². The van der Waals surface area contributed by atoms with Crippen molar-refractivity contribution in [2.24, 2.45) is 11.8 Å². The number of ether oxygens (including phenoxy) is 1. The minimum Gasteiger partial charge on any atom is -0.466 e. The molecule has 1 rings (SSSR count). The Morgan fingerprint density at radius 3 is 2.86 bits per heavy atom. The van der Waals surface area contributed by atoms with Gasteiger partial charge in [-0.3, -0.25) is 4.79 Å². The highest BCUT2D eigenvalue weighted by molar-refractivity contribution is 5.72. The number of esters is 1. The molecule has 1 unspecified atom stereocenters. The number of hydrogen-bond donors (Lipinski definition) is 1. The van der Waals surface area contributed by atoms with Crippen LogP contribution in [0.1, 0.15) is 33.1 Å². The molecule has 0 aliphatic heterocycles. The average Bonchev–Trinajstić information content (AvgIpc) is 2.96. The molecule has 1 atom stereocenters. The summed E-state index contributed by atoms with van der Waals surface area (Å²) >= 11 is 0. The van der Waals surface area contributed by atoms with Gasteiger partial charge in [-0.1, -0.05) is 19.8 Å². The van der Waals surface area contributed by atoms with Crippen LogP contribution in [0.15, 0.2) is 0 Å². The van der Waals surface area contributed by atoms with Crippen LogP contribution in [0.5, 0.6) is 0 Å². The smallest absolute Gasteiger partial charge is 0.309 e. The summed E-state index contributed by atoms with van der Waals surface area (Å²) in [5, 5.41) is 3.29. The van der Waals surface area contributed by atoms with Crippen LogP contribution in [-0.4, -0.2) is 25.7 Å². The van der Waals surface area contributed by atoms with Crippen LogP contribution in [-0.2, 0) is 9.53 Å². The fourth-order valence-corrected chi connectivity index (χ4v) is 1.40. The first-order valence-corrected chi connectivity index (χ1v) is 5.61. The van der Waals surface area contributed by atoms with E-state index in [-0.39, 0.29) is 11.9 Å². The summed E-state index contributed by atoms with van der Waals surface area (Å²) in [5.41, 5.74) is 0. The van der Waals surface area contributed by atoms with E-state index in [0.29, 0.717) is 6.61 Å². The lowest BCUT2D eigenvalue weighted by molar-refractivity contribution is -0.147. The molecule has 3 nitrogen and oxygen atoms in total. The summed E-state index contributed by atoms with van der Waals surface area (Å²) in [7, 11) is 0. The zero-order valence-electron chi connectivity index (χ0n) is 9.21. The molecule has 0 aromatic heterocycles. The molecule has 0 saturated heterocycles. The van der Waals surface area contributed by atoms with Crippen molar-refractivity contribution in [2.45, 2.75) is 33.1 Å². The van der Waals surface area contributed by atoms with Gasteiger partial charge in [0.2, 0.25) is 0 Å². The highest BCUT2D eigenvalue weighted by Gasteiger charge is 2.20. The van der Waals surface area contributed by atoms with E-state index in [9.17, 15) is 4.79 Å². The van der Waals surface area contributed by atoms with Crippen molar-refractivity contribution in [3.63, 3.8) is 0 Å². The van der Waals surface area contributed by atoms with E-state index in [1.54, 1.807) is 0 Å². The van der Waals surface area contributed by atoms with Gasteiger partial charge in [-0.15, -0.1) is 0 Å². The van der Waals surface area contributed by atoms with E-state index < -0.39 is 0 Å². The molecule has 82 valence electrons. The summed E-state index contributed by atoms with van der Waals surface area (Å²) in [6, 6.07) is 0. The number of hydrogen-bond acceptors (Lipinski definition) is 3. The number of carbonyl (C=O) groups excluding carboxylic acids is 1. The first-order valence-electron chi connectivity index (χ1n) is 5.61. The second-order valence-corrected chi connectivity index (χ2v) is 4.09. The Labute approximate surface area is 86.2 Å². The molecule has 0 aromatic carbocycles. The molecule has 1 saturated carbocycles. The molecular weight excluding hydrogens is 178 g/mol. The van der Waals surface area contributed by atoms with Gasteiger partial charge in [0.25, 0.3) is 0 Å². The quantitative estimate of drug-likeness (QED) is 0.499. The largest absolute Gasteiger partial charge is 0.466 e. The number of nitrogens with one attached hydrogen (secondary N) is 1. The second kappa shape index (κ2) is 6.02. The molecule has 3 heteroatoms. The fraction of sp³-hybridized carbons (Fsp3) is 0.909. The first kappa shape index (κ1) is 11.5. The van der Waals surface area contributed by atoms with Crippen molar-refractivity contribution < 1.29 is 9.53 Å². The van der Waals surface area contributed by atoms with Crippen molar-refractivity contribution in [1.82, 2.24) is 5.32 Å². The van der Waals surface area contributed by atoms with Crippen LogP contribution < -0.4 is 5.32 Å². The highest BCUT2D eigenvalue weighted by atomic mass is 16.5. The van der Waals surface area contributed by atoms with Gasteiger partial charge in [0, 0.05) is 6.54 Å². The predicted octanol–water partition coefficient (Wildman–Crippen LogP) is 1.58. The second-order valence-electron chi connectivity index (χ2n) is 4.09. The molecule has 14 heavy (non-hydrogen) atoms. The van der Waals surface area contributed by atoms with Crippen LogP contribution in [0.3, 0.4) is 0 Å². The van der Waals surface area contributed by atoms with Crippen molar-refractivity contribution in [3.05, 3.63) is 0 Å². The lowest BCUT2D eigenvalue weighted by atomic mass is 10.2. The van der Waals surface area contributed by atoms with Gasteiger partial charge >= 0.3 is 5.97 Å². The highest BCUT2D eigenvalue weighted by Crippen LogP contribution is 2.31. The van der Waals surface area contributed by atoms with Gasteiger partial charge in [0.05, 0.1) is 12.5 Å². The third kappa shape index (κ3) is 4.61. The molecule has 1 fully saturated rings. The Hall–Kier alpha value is -0.570. The maximum absolute atomic E-state index is 11.2. The zero-order chi connectivity index (χ0) is 10.4. The molecule has 0 amide bonds. The predicted molar refractivity (Wildman–Crippen MR) is 56.0 cm³/mol. The fourth-order valence-electron chi connectivity index (χ4n) is 1.40. The maximum Gasteiger partial charge on any atom is 0.309 e.